The first kappa shape index (κ1) is 26.2. The van der Waals surface area contributed by atoms with E-state index in [1.807, 2.05) is 0 Å². The Hall–Kier alpha value is -2.86. The molecule has 0 saturated heterocycles. The highest BCUT2D eigenvalue weighted by Crippen LogP contribution is 2.22. The molecule has 0 N–H and O–H groups in total. The largest absolute Gasteiger partial charge is 0.476 e. The lowest BCUT2D eigenvalue weighted by Crippen LogP contribution is -2.40. The Morgan fingerprint density at radius 3 is 1.81 bits per heavy atom. The first-order chi connectivity index (χ1) is 14.5. The average molecular weight is 449 g/mol. The molecule has 0 fully saturated rings. The van der Waals surface area contributed by atoms with Crippen molar-refractivity contribution >= 4 is 29.3 Å². The van der Waals surface area contributed by atoms with Gasteiger partial charge in [-0.1, -0.05) is 11.6 Å². The van der Waals surface area contributed by atoms with Crippen LogP contribution in [0.1, 0.15) is 57.5 Å². The number of ether oxygens (including phenoxy) is 3. The molecule has 31 heavy (non-hydrogen) atoms. The molecule has 0 atom stereocenters. The molecule has 0 aliphatic carbocycles. The minimum Gasteiger partial charge on any atom is -0.476 e. The lowest BCUT2D eigenvalue weighted by molar-refractivity contribution is -0.163. The SMILES string of the molecule is CC(C)OC(=O)C(C)(C)Oc1ccc(C(=O)c2ccc(Cl)cc2)cc1.CCOC(C)=O. The maximum absolute atomic E-state index is 12.4. The number of carbonyl (C=O) groups excluding carboxylic acids is 3. The maximum Gasteiger partial charge on any atom is 0.350 e. The molecule has 0 aliphatic heterocycles. The molecular weight excluding hydrogens is 420 g/mol. The molecule has 0 aliphatic rings. The molecule has 0 spiro atoms. The highest BCUT2D eigenvalue weighted by molar-refractivity contribution is 6.30. The summed E-state index contributed by atoms with van der Waals surface area (Å²) in [5.74, 6) is -0.277. The Balaban J connectivity index is 0.000000703. The van der Waals surface area contributed by atoms with Gasteiger partial charge in [0.2, 0.25) is 0 Å². The number of rotatable bonds is 7. The van der Waals surface area contributed by atoms with Gasteiger partial charge in [0, 0.05) is 23.1 Å². The van der Waals surface area contributed by atoms with Crippen molar-refractivity contribution in [1.82, 2.24) is 0 Å². The summed E-state index contributed by atoms with van der Waals surface area (Å²) >= 11 is 5.84. The summed E-state index contributed by atoms with van der Waals surface area (Å²) in [7, 11) is 0. The molecule has 2 aromatic carbocycles. The predicted molar refractivity (Wildman–Crippen MR) is 120 cm³/mol. The zero-order valence-electron chi connectivity index (χ0n) is 18.7. The van der Waals surface area contributed by atoms with Crippen LogP contribution >= 0.6 is 11.6 Å². The van der Waals surface area contributed by atoms with Gasteiger partial charge in [-0.25, -0.2) is 4.79 Å². The fraction of sp³-hybridized carbons (Fsp3) is 0.375. The van der Waals surface area contributed by atoms with Crippen LogP contribution in [-0.4, -0.2) is 36.0 Å². The molecule has 0 radical (unpaired) electrons. The van der Waals surface area contributed by atoms with Crippen LogP contribution in [0, 0.1) is 0 Å². The van der Waals surface area contributed by atoms with E-state index in [2.05, 4.69) is 4.74 Å². The molecule has 0 unspecified atom stereocenters. The van der Waals surface area contributed by atoms with E-state index in [-0.39, 0.29) is 17.9 Å². The van der Waals surface area contributed by atoms with Crippen molar-refractivity contribution < 1.29 is 28.6 Å². The Bertz CT molecular complexity index is 870. The lowest BCUT2D eigenvalue weighted by Gasteiger charge is -2.25. The number of hydrogen-bond donors (Lipinski definition) is 0. The van der Waals surface area contributed by atoms with E-state index in [0.29, 0.717) is 28.5 Å². The number of halogens is 1. The Morgan fingerprint density at radius 2 is 1.42 bits per heavy atom. The van der Waals surface area contributed by atoms with Crippen LogP contribution in [-0.2, 0) is 19.1 Å². The van der Waals surface area contributed by atoms with E-state index in [1.54, 1.807) is 83.1 Å². The van der Waals surface area contributed by atoms with Gasteiger partial charge in [0.1, 0.15) is 5.75 Å². The van der Waals surface area contributed by atoms with E-state index in [0.717, 1.165) is 0 Å². The molecule has 2 aromatic rings. The fourth-order valence-corrected chi connectivity index (χ4v) is 2.46. The summed E-state index contributed by atoms with van der Waals surface area (Å²) < 4.78 is 15.3. The van der Waals surface area contributed by atoms with Crippen LogP contribution in [0.15, 0.2) is 48.5 Å². The summed E-state index contributed by atoms with van der Waals surface area (Å²) in [6.45, 7) is 10.5. The summed E-state index contributed by atoms with van der Waals surface area (Å²) in [6.07, 6.45) is -0.213. The van der Waals surface area contributed by atoms with Crippen LogP contribution in [0.2, 0.25) is 5.02 Å². The number of esters is 2. The molecule has 7 heteroatoms. The van der Waals surface area contributed by atoms with Gasteiger partial charge in [-0.05, 0) is 83.1 Å². The first-order valence-electron chi connectivity index (χ1n) is 9.90. The number of hydrogen-bond acceptors (Lipinski definition) is 6. The molecule has 0 saturated carbocycles. The number of carbonyl (C=O) groups is 3. The van der Waals surface area contributed by atoms with Crippen molar-refractivity contribution in [2.45, 2.75) is 53.2 Å². The standard InChI is InChI=1S/C20H21ClO4.C4H8O2/c1-13(2)24-19(23)20(3,4)25-17-11-7-15(8-12-17)18(22)14-5-9-16(21)10-6-14;1-3-6-4(2)5/h5-13H,1-4H3;3H2,1-2H3. The highest BCUT2D eigenvalue weighted by atomic mass is 35.5. The maximum atomic E-state index is 12.4. The van der Waals surface area contributed by atoms with Gasteiger partial charge in [-0.3, -0.25) is 9.59 Å². The van der Waals surface area contributed by atoms with Crippen molar-refractivity contribution in [1.29, 1.82) is 0 Å². The highest BCUT2D eigenvalue weighted by Gasteiger charge is 2.32. The predicted octanol–water partition coefficient (Wildman–Crippen LogP) is 5.25. The fourth-order valence-electron chi connectivity index (χ4n) is 2.34. The average Bonchev–Trinajstić information content (AvgIpc) is 2.68. The van der Waals surface area contributed by atoms with Gasteiger partial charge in [-0.15, -0.1) is 0 Å². The number of benzene rings is 2. The van der Waals surface area contributed by atoms with Gasteiger partial charge in [0.25, 0.3) is 0 Å². The Labute approximate surface area is 188 Å². The summed E-state index contributed by atoms with van der Waals surface area (Å²) in [5, 5.41) is 0.579. The van der Waals surface area contributed by atoms with Gasteiger partial charge in [-0.2, -0.15) is 0 Å². The molecule has 168 valence electrons. The molecule has 0 bridgehead atoms. The van der Waals surface area contributed by atoms with Crippen LogP contribution in [0.3, 0.4) is 0 Å². The van der Waals surface area contributed by atoms with Crippen molar-refractivity contribution in [3.05, 3.63) is 64.7 Å². The zero-order chi connectivity index (χ0) is 23.6. The van der Waals surface area contributed by atoms with Crippen LogP contribution in [0.5, 0.6) is 5.75 Å². The second-order valence-corrected chi connectivity index (χ2v) is 7.79. The lowest BCUT2D eigenvalue weighted by atomic mass is 10.0. The Morgan fingerprint density at radius 1 is 0.935 bits per heavy atom. The third-order valence-electron chi connectivity index (χ3n) is 3.78. The van der Waals surface area contributed by atoms with Crippen LogP contribution in [0.4, 0.5) is 0 Å². The van der Waals surface area contributed by atoms with E-state index in [4.69, 9.17) is 21.1 Å². The molecule has 2 rings (SSSR count). The van der Waals surface area contributed by atoms with Gasteiger partial charge >= 0.3 is 11.9 Å². The summed E-state index contributed by atoms with van der Waals surface area (Å²) in [5.41, 5.74) is -0.0393. The molecule has 6 nitrogen and oxygen atoms in total. The minimum atomic E-state index is -1.12. The molecule has 0 aromatic heterocycles. The van der Waals surface area contributed by atoms with Gasteiger partial charge in [0.15, 0.2) is 11.4 Å². The smallest absolute Gasteiger partial charge is 0.350 e. The zero-order valence-corrected chi connectivity index (χ0v) is 19.5. The second-order valence-electron chi connectivity index (χ2n) is 7.35. The Kier molecular flexibility index (Phi) is 10.2. The molecular formula is C24H29ClO6. The van der Waals surface area contributed by atoms with Gasteiger partial charge in [0.05, 0.1) is 12.7 Å². The first-order valence-corrected chi connectivity index (χ1v) is 10.3. The third-order valence-corrected chi connectivity index (χ3v) is 4.03. The van der Waals surface area contributed by atoms with Crippen LogP contribution in [0.25, 0.3) is 0 Å². The van der Waals surface area contributed by atoms with E-state index < -0.39 is 11.6 Å². The minimum absolute atomic E-state index is 0.110. The van der Waals surface area contributed by atoms with E-state index >= 15 is 0 Å². The van der Waals surface area contributed by atoms with Crippen molar-refractivity contribution in [2.75, 3.05) is 6.61 Å². The monoisotopic (exact) mass is 448 g/mol. The van der Waals surface area contributed by atoms with Crippen molar-refractivity contribution in [3.63, 3.8) is 0 Å². The summed E-state index contributed by atoms with van der Waals surface area (Å²) in [4.78, 5) is 34.3. The van der Waals surface area contributed by atoms with Crippen LogP contribution < -0.4 is 4.74 Å². The third kappa shape index (κ3) is 9.22. The molecule has 0 heterocycles. The van der Waals surface area contributed by atoms with Crippen molar-refractivity contribution in [2.24, 2.45) is 0 Å². The molecule has 0 amide bonds. The normalized spacial score (nSPS) is 10.6. The van der Waals surface area contributed by atoms with Gasteiger partial charge < -0.3 is 14.2 Å². The number of ketones is 1. The summed E-state index contributed by atoms with van der Waals surface area (Å²) in [6, 6.07) is 13.4. The second kappa shape index (κ2) is 12.1. The quantitative estimate of drug-likeness (QED) is 0.425. The topological polar surface area (TPSA) is 78.9 Å². The van der Waals surface area contributed by atoms with Crippen molar-refractivity contribution in [3.8, 4) is 5.75 Å². The van der Waals surface area contributed by atoms with E-state index in [9.17, 15) is 14.4 Å². The van der Waals surface area contributed by atoms with E-state index in [1.165, 1.54) is 6.92 Å².